The highest BCUT2D eigenvalue weighted by Crippen LogP contribution is 2.10. The van der Waals surface area contributed by atoms with Gasteiger partial charge in [0.15, 0.2) is 0 Å². The summed E-state index contributed by atoms with van der Waals surface area (Å²) in [7, 11) is -3.20. The molecule has 1 aromatic rings. The third-order valence-electron chi connectivity index (χ3n) is 2.37. The lowest BCUT2D eigenvalue weighted by Crippen LogP contribution is -2.34. The predicted molar refractivity (Wildman–Crippen MR) is 75.6 cm³/mol. The van der Waals surface area contributed by atoms with Gasteiger partial charge in [0.25, 0.3) is 0 Å². The molecule has 0 aromatic heterocycles. The summed E-state index contributed by atoms with van der Waals surface area (Å²) < 4.78 is 23.9. The minimum absolute atomic E-state index is 0.106. The highest BCUT2D eigenvalue weighted by atomic mass is 35.5. The first-order valence-corrected chi connectivity index (χ1v) is 8.09. The number of carbonyl (C=O) groups is 1. The molecule has 0 heterocycles. The summed E-state index contributed by atoms with van der Waals surface area (Å²) in [5, 5.41) is 3.31. The number of benzene rings is 1. The Bertz CT molecular complexity index is 514. The van der Waals surface area contributed by atoms with Crippen molar-refractivity contribution < 1.29 is 13.2 Å². The Kier molecular flexibility index (Phi) is 6.27. The zero-order valence-electron chi connectivity index (χ0n) is 10.6. The van der Waals surface area contributed by atoms with Gasteiger partial charge in [0.1, 0.15) is 0 Å². The van der Waals surface area contributed by atoms with Crippen molar-refractivity contribution in [2.45, 2.75) is 12.8 Å². The van der Waals surface area contributed by atoms with E-state index in [-0.39, 0.29) is 19.0 Å². The number of nitrogens with one attached hydrogen (secondary N) is 2. The van der Waals surface area contributed by atoms with Gasteiger partial charge in [0.2, 0.25) is 15.9 Å². The molecule has 0 spiro atoms. The number of halogens is 1. The van der Waals surface area contributed by atoms with Gasteiger partial charge in [-0.25, -0.2) is 13.1 Å². The van der Waals surface area contributed by atoms with Crippen LogP contribution >= 0.6 is 11.6 Å². The molecule has 5 nitrogen and oxygen atoms in total. The fourth-order valence-electron chi connectivity index (χ4n) is 1.44. The molecule has 2 N–H and O–H groups in total. The third kappa shape index (κ3) is 7.81. The fraction of sp³-hybridized carbons (Fsp3) is 0.417. The van der Waals surface area contributed by atoms with Gasteiger partial charge in [-0.1, -0.05) is 23.7 Å². The second kappa shape index (κ2) is 7.47. The van der Waals surface area contributed by atoms with Gasteiger partial charge in [-0.15, -0.1) is 0 Å². The van der Waals surface area contributed by atoms with Crippen molar-refractivity contribution in [1.29, 1.82) is 0 Å². The summed E-state index contributed by atoms with van der Waals surface area (Å²) >= 11 is 5.76. The first kappa shape index (κ1) is 15.9. The molecule has 0 unspecified atom stereocenters. The average Bonchev–Trinajstić information content (AvgIpc) is 2.33. The molecule has 0 aliphatic carbocycles. The van der Waals surface area contributed by atoms with E-state index < -0.39 is 10.0 Å². The molecule has 7 heteroatoms. The summed E-state index contributed by atoms with van der Waals surface area (Å²) in [5.74, 6) is -0.106. The number of hydrogen-bond donors (Lipinski definition) is 2. The van der Waals surface area contributed by atoms with Gasteiger partial charge < -0.3 is 5.32 Å². The lowest BCUT2D eigenvalue weighted by molar-refractivity contribution is -0.121. The van der Waals surface area contributed by atoms with Crippen LogP contribution in [0.25, 0.3) is 0 Å². The van der Waals surface area contributed by atoms with E-state index in [2.05, 4.69) is 10.0 Å². The largest absolute Gasteiger partial charge is 0.355 e. The Morgan fingerprint density at radius 2 is 1.84 bits per heavy atom. The van der Waals surface area contributed by atoms with Crippen LogP contribution in [0.3, 0.4) is 0 Å². The molecular formula is C12H17ClN2O3S. The van der Waals surface area contributed by atoms with E-state index in [1.807, 2.05) is 12.1 Å². The maximum absolute atomic E-state index is 11.5. The van der Waals surface area contributed by atoms with Gasteiger partial charge in [-0.2, -0.15) is 0 Å². The molecule has 19 heavy (non-hydrogen) atoms. The second-order valence-electron chi connectivity index (χ2n) is 4.14. The van der Waals surface area contributed by atoms with Crippen LogP contribution in [0.15, 0.2) is 24.3 Å². The van der Waals surface area contributed by atoms with E-state index in [0.717, 1.165) is 11.8 Å². The second-order valence-corrected chi connectivity index (χ2v) is 6.41. The van der Waals surface area contributed by atoms with E-state index >= 15 is 0 Å². The van der Waals surface area contributed by atoms with Crippen LogP contribution in [0.4, 0.5) is 0 Å². The smallest absolute Gasteiger partial charge is 0.220 e. The van der Waals surface area contributed by atoms with Crippen molar-refractivity contribution in [3.63, 3.8) is 0 Å². The third-order valence-corrected chi connectivity index (χ3v) is 3.35. The quantitative estimate of drug-likeness (QED) is 0.736. The van der Waals surface area contributed by atoms with Gasteiger partial charge in [0, 0.05) is 24.5 Å². The molecule has 1 aromatic carbocycles. The van der Waals surface area contributed by atoms with Crippen molar-refractivity contribution in [2.24, 2.45) is 0 Å². The molecule has 0 atom stereocenters. The van der Waals surface area contributed by atoms with E-state index in [1.165, 1.54) is 0 Å². The van der Waals surface area contributed by atoms with Crippen molar-refractivity contribution in [3.05, 3.63) is 34.9 Å². The number of carbonyl (C=O) groups excluding carboxylic acids is 1. The Hall–Kier alpha value is -1.11. The molecular weight excluding hydrogens is 288 g/mol. The maximum Gasteiger partial charge on any atom is 0.220 e. The number of hydrogen-bond acceptors (Lipinski definition) is 3. The van der Waals surface area contributed by atoms with Gasteiger partial charge >= 0.3 is 0 Å². The molecule has 0 radical (unpaired) electrons. The van der Waals surface area contributed by atoms with Crippen LogP contribution < -0.4 is 10.0 Å². The summed E-state index contributed by atoms with van der Waals surface area (Å²) in [4.78, 5) is 11.5. The number of amides is 1. The van der Waals surface area contributed by atoms with Gasteiger partial charge in [0.05, 0.1) is 6.26 Å². The van der Waals surface area contributed by atoms with Crippen LogP contribution in [0.5, 0.6) is 0 Å². The molecule has 0 bridgehead atoms. The maximum atomic E-state index is 11.5. The standard InChI is InChI=1S/C12H17ClN2O3S/c1-19(17,18)15-9-8-14-12(16)7-4-10-2-5-11(13)6-3-10/h2-3,5-6,15H,4,7-9H2,1H3,(H,14,16). The molecule has 0 fully saturated rings. The highest BCUT2D eigenvalue weighted by Gasteiger charge is 2.03. The van der Waals surface area contributed by atoms with Crippen LogP contribution in [-0.4, -0.2) is 33.7 Å². The first-order valence-electron chi connectivity index (χ1n) is 5.82. The van der Waals surface area contributed by atoms with Crippen LogP contribution in [-0.2, 0) is 21.2 Å². The summed E-state index contributed by atoms with van der Waals surface area (Å²) in [5.41, 5.74) is 1.04. The van der Waals surface area contributed by atoms with Gasteiger partial charge in [-0.05, 0) is 24.1 Å². The predicted octanol–water partition coefficient (Wildman–Crippen LogP) is 0.938. The van der Waals surface area contributed by atoms with Crippen molar-refractivity contribution >= 4 is 27.5 Å². The van der Waals surface area contributed by atoms with Gasteiger partial charge in [-0.3, -0.25) is 4.79 Å². The minimum Gasteiger partial charge on any atom is -0.355 e. The molecule has 0 saturated heterocycles. The lowest BCUT2D eigenvalue weighted by Gasteiger charge is -2.06. The SMILES string of the molecule is CS(=O)(=O)NCCNC(=O)CCc1ccc(Cl)cc1. The number of rotatable bonds is 7. The Morgan fingerprint density at radius 1 is 1.21 bits per heavy atom. The first-order chi connectivity index (χ1) is 8.87. The molecule has 0 aliphatic heterocycles. The van der Waals surface area contributed by atoms with Crippen molar-refractivity contribution in [2.75, 3.05) is 19.3 Å². The fourth-order valence-corrected chi connectivity index (χ4v) is 2.03. The van der Waals surface area contributed by atoms with Crippen molar-refractivity contribution in [1.82, 2.24) is 10.0 Å². The topological polar surface area (TPSA) is 75.3 Å². The summed E-state index contributed by atoms with van der Waals surface area (Å²) in [6, 6.07) is 7.32. The van der Waals surface area contributed by atoms with E-state index in [4.69, 9.17) is 11.6 Å². The van der Waals surface area contributed by atoms with Crippen molar-refractivity contribution in [3.8, 4) is 0 Å². The molecule has 0 aliphatic rings. The number of aryl methyl sites for hydroxylation is 1. The lowest BCUT2D eigenvalue weighted by atomic mass is 10.1. The molecule has 1 amide bonds. The number of sulfonamides is 1. The molecule has 106 valence electrons. The average molecular weight is 305 g/mol. The van der Waals surface area contributed by atoms with Crippen LogP contribution in [0.1, 0.15) is 12.0 Å². The molecule has 1 rings (SSSR count). The van der Waals surface area contributed by atoms with E-state index in [9.17, 15) is 13.2 Å². The monoisotopic (exact) mass is 304 g/mol. The van der Waals surface area contributed by atoms with Crippen LogP contribution in [0, 0.1) is 0 Å². The summed E-state index contributed by atoms with van der Waals surface area (Å²) in [6.45, 7) is 0.484. The minimum atomic E-state index is -3.20. The highest BCUT2D eigenvalue weighted by molar-refractivity contribution is 7.88. The van der Waals surface area contributed by atoms with E-state index in [0.29, 0.717) is 17.9 Å². The Morgan fingerprint density at radius 3 is 2.42 bits per heavy atom. The zero-order chi connectivity index (χ0) is 14.3. The van der Waals surface area contributed by atoms with E-state index in [1.54, 1.807) is 12.1 Å². The normalized spacial score (nSPS) is 11.3. The van der Waals surface area contributed by atoms with Crippen LogP contribution in [0.2, 0.25) is 5.02 Å². The molecule has 0 saturated carbocycles. The Balaban J connectivity index is 2.19. The Labute approximate surface area is 118 Å². The zero-order valence-corrected chi connectivity index (χ0v) is 12.2. The summed E-state index contributed by atoms with van der Waals surface area (Å²) in [6.07, 6.45) is 2.07.